The molecule has 192 valence electrons. The lowest BCUT2D eigenvalue weighted by Gasteiger charge is -2.19. The molecule has 8 nitrogen and oxygen atoms in total. The fourth-order valence-corrected chi connectivity index (χ4v) is 4.17. The van der Waals surface area contributed by atoms with Crippen LogP contribution < -0.4 is 11.0 Å². The van der Waals surface area contributed by atoms with Crippen LogP contribution in [0.15, 0.2) is 64.5 Å². The van der Waals surface area contributed by atoms with E-state index in [1.165, 1.54) is 10.5 Å². The van der Waals surface area contributed by atoms with Gasteiger partial charge in [-0.3, -0.25) is 14.0 Å². The number of esters is 1. The van der Waals surface area contributed by atoms with Crippen molar-refractivity contribution in [1.82, 2.24) is 14.0 Å². The highest BCUT2D eigenvalue weighted by atomic mass is 16.5. The molecule has 0 aliphatic carbocycles. The van der Waals surface area contributed by atoms with Crippen LogP contribution in [-0.4, -0.2) is 32.4 Å². The molecule has 0 aliphatic rings. The minimum absolute atomic E-state index is 0.0458. The molecule has 0 bridgehead atoms. The Balaban J connectivity index is 2.05. The number of carbonyl (C=O) groups excluding carboxylic acids is 2. The van der Waals surface area contributed by atoms with Crippen molar-refractivity contribution in [2.24, 2.45) is 10.9 Å². The molecule has 4 rings (SSSR count). The van der Waals surface area contributed by atoms with E-state index in [1.807, 2.05) is 26.0 Å². The quantitative estimate of drug-likeness (QED) is 0.297. The van der Waals surface area contributed by atoms with Gasteiger partial charge in [-0.05, 0) is 54.2 Å². The Labute approximate surface area is 215 Å². The van der Waals surface area contributed by atoms with Gasteiger partial charge in [0.05, 0.1) is 12.0 Å². The zero-order chi connectivity index (χ0) is 26.9. The first-order valence-electron chi connectivity index (χ1n) is 12.4. The number of carbonyl (C=O) groups is 2. The molecule has 8 heteroatoms. The zero-order valence-electron chi connectivity index (χ0n) is 22.1. The molecule has 0 N–H and O–H groups in total. The van der Waals surface area contributed by atoms with Crippen LogP contribution in [0, 0.1) is 5.92 Å². The summed E-state index contributed by atoms with van der Waals surface area (Å²) >= 11 is 0. The Hall–Kier alpha value is -4.07. The van der Waals surface area contributed by atoms with E-state index in [0.29, 0.717) is 23.4 Å². The van der Waals surface area contributed by atoms with Gasteiger partial charge in [-0.25, -0.2) is 9.78 Å². The largest absolute Gasteiger partial charge is 0.462 e. The lowest BCUT2D eigenvalue weighted by atomic mass is 9.87. The molecule has 4 aromatic rings. The van der Waals surface area contributed by atoms with Crippen LogP contribution in [0.2, 0.25) is 0 Å². The first-order chi connectivity index (χ1) is 17.5. The van der Waals surface area contributed by atoms with Gasteiger partial charge in [0, 0.05) is 18.3 Å². The van der Waals surface area contributed by atoms with Gasteiger partial charge in [0.15, 0.2) is 5.49 Å². The molecule has 0 fully saturated rings. The van der Waals surface area contributed by atoms with Crippen molar-refractivity contribution < 1.29 is 14.3 Å². The van der Waals surface area contributed by atoms with Gasteiger partial charge < -0.3 is 9.30 Å². The monoisotopic (exact) mass is 500 g/mol. The maximum Gasteiger partial charge on any atom is 0.341 e. The average molecular weight is 501 g/mol. The summed E-state index contributed by atoms with van der Waals surface area (Å²) < 4.78 is 8.40. The summed E-state index contributed by atoms with van der Waals surface area (Å²) in [5.41, 5.74) is 2.08. The minimum atomic E-state index is -0.658. The molecule has 0 saturated heterocycles. The maximum absolute atomic E-state index is 13.4. The highest BCUT2D eigenvalue weighted by molar-refractivity contribution is 5.97. The summed E-state index contributed by atoms with van der Waals surface area (Å²) in [6, 6.07) is 14.0. The molecule has 3 heterocycles. The van der Waals surface area contributed by atoms with Gasteiger partial charge in [0.2, 0.25) is 0 Å². The lowest BCUT2D eigenvalue weighted by molar-refractivity contribution is 0.0523. The van der Waals surface area contributed by atoms with E-state index in [-0.39, 0.29) is 39.9 Å². The summed E-state index contributed by atoms with van der Waals surface area (Å²) in [4.78, 5) is 48.9. The second kappa shape index (κ2) is 10.1. The third kappa shape index (κ3) is 5.23. The number of rotatable bonds is 5. The van der Waals surface area contributed by atoms with Crippen molar-refractivity contribution in [2.75, 3.05) is 6.61 Å². The smallest absolute Gasteiger partial charge is 0.341 e. The average Bonchev–Trinajstić information content (AvgIpc) is 2.85. The van der Waals surface area contributed by atoms with E-state index in [1.54, 1.807) is 48.0 Å². The van der Waals surface area contributed by atoms with Crippen LogP contribution in [0.1, 0.15) is 67.8 Å². The summed E-state index contributed by atoms with van der Waals surface area (Å²) in [5, 5.41) is 0.244. The highest BCUT2D eigenvalue weighted by Crippen LogP contribution is 2.22. The van der Waals surface area contributed by atoms with Crippen LogP contribution in [0.3, 0.4) is 0 Å². The SMILES string of the molecule is CCOC(=O)c1cc2c(=O)n3ccccc3nc2n(CC(C)C)c1=NC(=O)c1ccc(C(C)(C)C)cc1. The molecule has 0 spiro atoms. The second-order valence-electron chi connectivity index (χ2n) is 10.4. The Kier molecular flexibility index (Phi) is 7.12. The Bertz CT molecular complexity index is 1620. The number of benzene rings is 1. The number of ether oxygens (including phenoxy) is 1. The second-order valence-corrected chi connectivity index (χ2v) is 10.4. The Morgan fingerprint density at radius 1 is 1.08 bits per heavy atom. The third-order valence-corrected chi connectivity index (χ3v) is 6.04. The normalized spacial score (nSPS) is 12.5. The van der Waals surface area contributed by atoms with Gasteiger partial charge in [0.1, 0.15) is 16.9 Å². The van der Waals surface area contributed by atoms with Crippen LogP contribution in [0.5, 0.6) is 0 Å². The lowest BCUT2D eigenvalue weighted by Crippen LogP contribution is -2.33. The van der Waals surface area contributed by atoms with Crippen LogP contribution in [-0.2, 0) is 16.7 Å². The van der Waals surface area contributed by atoms with Crippen molar-refractivity contribution in [2.45, 2.75) is 53.5 Å². The fraction of sp³-hybridized carbons (Fsp3) is 0.345. The Morgan fingerprint density at radius 3 is 2.41 bits per heavy atom. The number of aromatic nitrogens is 3. The number of nitrogens with zero attached hydrogens (tertiary/aromatic N) is 4. The van der Waals surface area contributed by atoms with E-state index < -0.39 is 11.9 Å². The third-order valence-electron chi connectivity index (χ3n) is 6.04. The van der Waals surface area contributed by atoms with E-state index >= 15 is 0 Å². The van der Waals surface area contributed by atoms with Crippen LogP contribution in [0.25, 0.3) is 16.7 Å². The van der Waals surface area contributed by atoms with Gasteiger partial charge in [-0.15, -0.1) is 0 Å². The minimum Gasteiger partial charge on any atom is -0.462 e. The van der Waals surface area contributed by atoms with Gasteiger partial charge in [-0.1, -0.05) is 52.8 Å². The van der Waals surface area contributed by atoms with Gasteiger partial charge in [-0.2, -0.15) is 4.99 Å². The van der Waals surface area contributed by atoms with Crippen molar-refractivity contribution in [3.8, 4) is 0 Å². The highest BCUT2D eigenvalue weighted by Gasteiger charge is 2.21. The zero-order valence-corrected chi connectivity index (χ0v) is 22.1. The first-order valence-corrected chi connectivity index (χ1v) is 12.4. The summed E-state index contributed by atoms with van der Waals surface area (Å²) in [7, 11) is 0. The summed E-state index contributed by atoms with van der Waals surface area (Å²) in [6.07, 6.45) is 1.63. The van der Waals surface area contributed by atoms with E-state index in [4.69, 9.17) is 9.72 Å². The number of amides is 1. The van der Waals surface area contributed by atoms with E-state index in [9.17, 15) is 14.4 Å². The van der Waals surface area contributed by atoms with Crippen molar-refractivity contribution in [3.63, 3.8) is 0 Å². The van der Waals surface area contributed by atoms with Crippen molar-refractivity contribution >= 4 is 28.6 Å². The van der Waals surface area contributed by atoms with E-state index in [0.717, 1.165) is 5.56 Å². The van der Waals surface area contributed by atoms with Crippen molar-refractivity contribution in [3.05, 3.63) is 87.3 Å². The fourth-order valence-electron chi connectivity index (χ4n) is 4.17. The molecule has 0 radical (unpaired) electrons. The number of pyridine rings is 2. The van der Waals surface area contributed by atoms with Gasteiger partial charge in [0.25, 0.3) is 11.5 Å². The standard InChI is InChI=1S/C29H32N4O4/c1-7-37-28(36)22-16-21-24(30-23-10-8-9-15-32(23)27(21)35)33(17-18(2)3)25(22)31-26(34)19-11-13-20(14-12-19)29(4,5)6/h8-16,18H,7,17H2,1-6H3. The molecular formula is C29H32N4O4. The predicted molar refractivity (Wildman–Crippen MR) is 143 cm³/mol. The van der Waals surface area contributed by atoms with Crippen molar-refractivity contribution in [1.29, 1.82) is 0 Å². The van der Waals surface area contributed by atoms with Crippen LogP contribution >= 0.6 is 0 Å². The van der Waals surface area contributed by atoms with Gasteiger partial charge >= 0.3 is 5.97 Å². The topological polar surface area (TPSA) is 95.0 Å². The van der Waals surface area contributed by atoms with Crippen LogP contribution in [0.4, 0.5) is 0 Å². The molecule has 1 aromatic carbocycles. The molecule has 37 heavy (non-hydrogen) atoms. The number of hydrogen-bond acceptors (Lipinski definition) is 5. The maximum atomic E-state index is 13.4. The first kappa shape index (κ1) is 26.0. The predicted octanol–water partition coefficient (Wildman–Crippen LogP) is 4.52. The summed E-state index contributed by atoms with van der Waals surface area (Å²) in [6.45, 7) is 12.5. The molecule has 3 aromatic heterocycles. The molecule has 0 atom stereocenters. The molecule has 0 aliphatic heterocycles. The molecule has 1 amide bonds. The number of hydrogen-bond donors (Lipinski definition) is 0. The summed E-state index contributed by atoms with van der Waals surface area (Å²) in [5.74, 6) is -1.05. The molecular weight excluding hydrogens is 468 g/mol. The number of fused-ring (bicyclic) bond motifs is 2. The molecule has 0 unspecified atom stereocenters. The van der Waals surface area contributed by atoms with E-state index in [2.05, 4.69) is 25.8 Å². The molecule has 0 saturated carbocycles. The Morgan fingerprint density at radius 2 is 1.78 bits per heavy atom.